The molecule has 2 aromatic rings. The van der Waals surface area contributed by atoms with Crippen LogP contribution in [0.2, 0.25) is 0 Å². The van der Waals surface area contributed by atoms with Crippen molar-refractivity contribution in [2.24, 2.45) is 0 Å². The van der Waals surface area contributed by atoms with Crippen LogP contribution in [0.3, 0.4) is 0 Å². The highest BCUT2D eigenvalue weighted by molar-refractivity contribution is 6.27. The quantitative estimate of drug-likeness (QED) is 0.621. The first-order valence-corrected chi connectivity index (χ1v) is 9.60. The van der Waals surface area contributed by atoms with E-state index in [1.807, 2.05) is 17.0 Å². The third-order valence-corrected chi connectivity index (χ3v) is 4.71. The minimum absolute atomic E-state index is 0.0399. The van der Waals surface area contributed by atoms with Gasteiger partial charge < -0.3 is 33.7 Å². The van der Waals surface area contributed by atoms with E-state index < -0.39 is 11.9 Å². The summed E-state index contributed by atoms with van der Waals surface area (Å²) in [6.45, 7) is 3.69. The van der Waals surface area contributed by atoms with Crippen LogP contribution < -0.4 is 14.2 Å². The average molecular weight is 450 g/mol. The number of benzene rings is 1. The summed E-state index contributed by atoms with van der Waals surface area (Å²) in [5.41, 5.74) is 0.527. The molecule has 3 rings (SSSR count). The zero-order valence-corrected chi connectivity index (χ0v) is 18.1. The molecule has 0 bridgehead atoms. The Balaban J connectivity index is 0.000000534. The van der Waals surface area contributed by atoms with E-state index in [9.17, 15) is 4.79 Å². The molecule has 1 aliphatic rings. The van der Waals surface area contributed by atoms with Gasteiger partial charge in [-0.25, -0.2) is 9.59 Å². The molecule has 0 saturated carbocycles. The average Bonchev–Trinajstić information content (AvgIpc) is 3.31. The third-order valence-electron chi connectivity index (χ3n) is 4.71. The van der Waals surface area contributed by atoms with Gasteiger partial charge in [0.05, 0.1) is 34.1 Å². The van der Waals surface area contributed by atoms with Gasteiger partial charge in [0.25, 0.3) is 5.91 Å². The maximum atomic E-state index is 12.9. The molecule has 0 atom stereocenters. The largest absolute Gasteiger partial charge is 0.493 e. The van der Waals surface area contributed by atoms with Gasteiger partial charge in [-0.2, -0.15) is 0 Å². The van der Waals surface area contributed by atoms with Gasteiger partial charge in [-0.05, 0) is 24.3 Å². The molecule has 2 heterocycles. The highest BCUT2D eigenvalue weighted by atomic mass is 16.5. The molecule has 0 aliphatic carbocycles. The van der Waals surface area contributed by atoms with Crippen molar-refractivity contribution in [3.63, 3.8) is 0 Å². The standard InChI is InChI=1S/C19H24N2O5.C2H2O4/c1-23-16-11-14(12-17(24-2)18(16)25-3)19(22)21-8-6-20(7-9-21)13-15-5-4-10-26-15;3-1(4)2(5)6/h4-5,10-12H,6-9,13H2,1-3H3;(H,3,4)(H,5,6). The van der Waals surface area contributed by atoms with Crippen LogP contribution in [-0.4, -0.2) is 85.4 Å². The van der Waals surface area contributed by atoms with Gasteiger partial charge in [-0.1, -0.05) is 0 Å². The van der Waals surface area contributed by atoms with Crippen LogP contribution in [0.1, 0.15) is 16.1 Å². The molecule has 32 heavy (non-hydrogen) atoms. The van der Waals surface area contributed by atoms with Gasteiger partial charge in [0.2, 0.25) is 5.75 Å². The van der Waals surface area contributed by atoms with Crippen molar-refractivity contribution in [2.75, 3.05) is 47.5 Å². The number of amides is 1. The fraction of sp³-hybridized carbons (Fsp3) is 0.381. The van der Waals surface area contributed by atoms with Crippen molar-refractivity contribution in [1.82, 2.24) is 9.80 Å². The zero-order chi connectivity index (χ0) is 23.7. The summed E-state index contributed by atoms with van der Waals surface area (Å²) in [6, 6.07) is 7.24. The van der Waals surface area contributed by atoms with Crippen LogP contribution in [0, 0.1) is 0 Å². The predicted octanol–water partition coefficient (Wildman–Crippen LogP) is 1.42. The van der Waals surface area contributed by atoms with Gasteiger partial charge in [-0.15, -0.1) is 0 Å². The SMILES string of the molecule is COc1cc(C(=O)N2CCN(Cc3ccco3)CC2)cc(OC)c1OC.O=C(O)C(=O)O. The Bertz CT molecular complexity index is 882. The van der Waals surface area contributed by atoms with Gasteiger partial charge in [0, 0.05) is 31.7 Å². The number of carboxylic acids is 2. The van der Waals surface area contributed by atoms with E-state index in [4.69, 9.17) is 38.4 Å². The topological polar surface area (TPSA) is 139 Å². The maximum Gasteiger partial charge on any atom is 0.414 e. The molecule has 1 aromatic heterocycles. The molecule has 1 fully saturated rings. The van der Waals surface area contributed by atoms with Crippen LogP contribution in [-0.2, 0) is 16.1 Å². The van der Waals surface area contributed by atoms with Crippen molar-refractivity contribution in [3.05, 3.63) is 41.9 Å². The molecule has 0 spiro atoms. The minimum Gasteiger partial charge on any atom is -0.493 e. The Morgan fingerprint density at radius 3 is 1.91 bits per heavy atom. The summed E-state index contributed by atoms with van der Waals surface area (Å²) in [6.07, 6.45) is 1.68. The number of aliphatic carboxylic acids is 2. The van der Waals surface area contributed by atoms with E-state index >= 15 is 0 Å². The number of ether oxygens (including phenoxy) is 3. The summed E-state index contributed by atoms with van der Waals surface area (Å²) < 4.78 is 21.4. The Morgan fingerprint density at radius 2 is 1.50 bits per heavy atom. The van der Waals surface area contributed by atoms with Crippen molar-refractivity contribution in [3.8, 4) is 17.2 Å². The second-order valence-corrected chi connectivity index (χ2v) is 6.67. The van der Waals surface area contributed by atoms with Crippen LogP contribution in [0.25, 0.3) is 0 Å². The van der Waals surface area contributed by atoms with E-state index in [1.54, 1.807) is 39.7 Å². The number of nitrogens with zero attached hydrogens (tertiary/aromatic N) is 2. The van der Waals surface area contributed by atoms with Crippen LogP contribution in [0.15, 0.2) is 34.9 Å². The first kappa shape index (κ1) is 24.5. The number of carbonyl (C=O) groups is 3. The molecule has 2 N–H and O–H groups in total. The Kier molecular flexibility index (Phi) is 8.90. The number of carboxylic acid groups (broad SMARTS) is 2. The molecule has 0 radical (unpaired) electrons. The van der Waals surface area contributed by atoms with E-state index in [0.717, 1.165) is 25.4 Å². The molecule has 11 nitrogen and oxygen atoms in total. The number of carbonyl (C=O) groups excluding carboxylic acids is 1. The van der Waals surface area contributed by atoms with E-state index in [2.05, 4.69) is 4.90 Å². The van der Waals surface area contributed by atoms with E-state index in [-0.39, 0.29) is 5.91 Å². The van der Waals surface area contributed by atoms with Crippen molar-refractivity contribution in [2.45, 2.75) is 6.54 Å². The molecule has 1 saturated heterocycles. The summed E-state index contributed by atoms with van der Waals surface area (Å²) in [4.78, 5) is 35.2. The molecule has 174 valence electrons. The van der Waals surface area contributed by atoms with Gasteiger partial charge in [0.15, 0.2) is 11.5 Å². The van der Waals surface area contributed by atoms with E-state index in [1.165, 1.54) is 0 Å². The molecule has 1 amide bonds. The number of rotatable bonds is 6. The summed E-state index contributed by atoms with van der Waals surface area (Å²) in [5, 5.41) is 14.8. The third kappa shape index (κ3) is 6.38. The van der Waals surface area contributed by atoms with Gasteiger partial charge in [-0.3, -0.25) is 9.69 Å². The number of furan rings is 1. The smallest absolute Gasteiger partial charge is 0.414 e. The lowest BCUT2D eigenvalue weighted by atomic mass is 10.1. The fourth-order valence-corrected chi connectivity index (χ4v) is 3.12. The second-order valence-electron chi connectivity index (χ2n) is 6.67. The van der Waals surface area contributed by atoms with Crippen LogP contribution in [0.4, 0.5) is 0 Å². The molecule has 11 heteroatoms. The lowest BCUT2D eigenvalue weighted by molar-refractivity contribution is -0.159. The number of hydrogen-bond donors (Lipinski definition) is 2. The number of methoxy groups -OCH3 is 3. The lowest BCUT2D eigenvalue weighted by Crippen LogP contribution is -2.48. The van der Waals surface area contributed by atoms with Crippen LogP contribution in [0.5, 0.6) is 17.2 Å². The summed E-state index contributed by atoms with van der Waals surface area (Å²) in [5.74, 6) is -1.31. The van der Waals surface area contributed by atoms with Gasteiger partial charge in [0.1, 0.15) is 5.76 Å². The Morgan fingerprint density at radius 1 is 0.938 bits per heavy atom. The Labute approximate surface area is 184 Å². The van der Waals surface area contributed by atoms with Crippen LogP contribution >= 0.6 is 0 Å². The monoisotopic (exact) mass is 450 g/mol. The predicted molar refractivity (Wildman–Crippen MR) is 111 cm³/mol. The molecule has 1 aliphatic heterocycles. The minimum atomic E-state index is -1.82. The fourth-order valence-electron chi connectivity index (χ4n) is 3.12. The normalized spacial score (nSPS) is 13.5. The highest BCUT2D eigenvalue weighted by Gasteiger charge is 2.25. The summed E-state index contributed by atoms with van der Waals surface area (Å²) in [7, 11) is 4.62. The lowest BCUT2D eigenvalue weighted by Gasteiger charge is -2.34. The van der Waals surface area contributed by atoms with Crippen molar-refractivity contribution in [1.29, 1.82) is 0 Å². The first-order chi connectivity index (χ1) is 15.3. The molecule has 1 aromatic carbocycles. The number of hydrogen-bond acceptors (Lipinski definition) is 8. The molecular formula is C21H26N2O9. The first-order valence-electron chi connectivity index (χ1n) is 9.60. The van der Waals surface area contributed by atoms with Gasteiger partial charge >= 0.3 is 11.9 Å². The summed E-state index contributed by atoms with van der Waals surface area (Å²) >= 11 is 0. The highest BCUT2D eigenvalue weighted by Crippen LogP contribution is 2.38. The Hall–Kier alpha value is -3.73. The van der Waals surface area contributed by atoms with Crippen molar-refractivity contribution >= 4 is 17.8 Å². The number of piperazine rings is 1. The molecular weight excluding hydrogens is 424 g/mol. The zero-order valence-electron chi connectivity index (χ0n) is 18.1. The van der Waals surface area contributed by atoms with Crippen molar-refractivity contribution < 1.29 is 43.2 Å². The van der Waals surface area contributed by atoms with E-state index in [0.29, 0.717) is 35.9 Å². The molecule has 0 unspecified atom stereocenters. The maximum absolute atomic E-state index is 12.9. The second kappa shape index (κ2) is 11.6.